The quantitative estimate of drug-likeness (QED) is 0.603. The standard InChI is InChI=1S/C19H26N4.3ClH/c20-19-10-4-9-17(23-19)12-16-13-21-14-18(16)22-11-5-8-15-6-2-1-3-7-15;;;/h1-4,6-7,9-10,16,18,21-22H,5,8,11-14H2,(H2,20,23);3*1H/t16-,18+;;;/m0.../s1. The highest BCUT2D eigenvalue weighted by molar-refractivity contribution is 5.86. The molecule has 2 atom stereocenters. The Morgan fingerprint density at radius 2 is 1.77 bits per heavy atom. The van der Waals surface area contributed by atoms with Crippen LogP contribution in [-0.4, -0.2) is 30.7 Å². The highest BCUT2D eigenvalue weighted by atomic mass is 35.5. The van der Waals surface area contributed by atoms with E-state index in [2.05, 4.69) is 52.0 Å². The minimum absolute atomic E-state index is 0. The normalized spacial score (nSPS) is 18.3. The average molecular weight is 420 g/mol. The maximum atomic E-state index is 5.78. The molecule has 0 unspecified atom stereocenters. The fraction of sp³-hybridized carbons (Fsp3) is 0.421. The van der Waals surface area contributed by atoms with E-state index >= 15 is 0 Å². The number of halogens is 3. The molecule has 1 aromatic heterocycles. The molecule has 1 saturated heterocycles. The van der Waals surface area contributed by atoms with Crippen LogP contribution in [0.4, 0.5) is 5.82 Å². The van der Waals surface area contributed by atoms with Gasteiger partial charge in [0.25, 0.3) is 0 Å². The number of aromatic nitrogens is 1. The predicted molar refractivity (Wildman–Crippen MR) is 117 cm³/mol. The first-order valence-electron chi connectivity index (χ1n) is 8.51. The number of aryl methyl sites for hydroxylation is 1. The van der Waals surface area contributed by atoms with Crippen LogP contribution in [-0.2, 0) is 12.8 Å². The number of nitrogens with zero attached hydrogens (tertiary/aromatic N) is 1. The summed E-state index contributed by atoms with van der Waals surface area (Å²) in [5.41, 5.74) is 8.29. The number of nitrogens with one attached hydrogen (secondary N) is 2. The van der Waals surface area contributed by atoms with Crippen LogP contribution in [0, 0.1) is 5.92 Å². The first kappa shape index (κ1) is 25.0. The third kappa shape index (κ3) is 7.68. The summed E-state index contributed by atoms with van der Waals surface area (Å²) in [4.78, 5) is 4.43. The monoisotopic (exact) mass is 418 g/mol. The van der Waals surface area contributed by atoms with Crippen LogP contribution in [0.25, 0.3) is 0 Å². The summed E-state index contributed by atoms with van der Waals surface area (Å²) in [5, 5.41) is 7.21. The number of nitrogens with two attached hydrogens (primary N) is 1. The largest absolute Gasteiger partial charge is 0.384 e. The fourth-order valence-electron chi connectivity index (χ4n) is 3.29. The second kappa shape index (κ2) is 13.2. The summed E-state index contributed by atoms with van der Waals surface area (Å²) < 4.78 is 0. The molecule has 2 aromatic rings. The molecule has 0 bridgehead atoms. The Morgan fingerprint density at radius 3 is 2.50 bits per heavy atom. The van der Waals surface area contributed by atoms with Gasteiger partial charge >= 0.3 is 0 Å². The summed E-state index contributed by atoms with van der Waals surface area (Å²) in [6, 6.07) is 17.1. The topological polar surface area (TPSA) is 63.0 Å². The van der Waals surface area contributed by atoms with Crippen LogP contribution in [0.15, 0.2) is 48.5 Å². The zero-order valence-electron chi connectivity index (χ0n) is 14.8. The van der Waals surface area contributed by atoms with Gasteiger partial charge in [-0.3, -0.25) is 0 Å². The van der Waals surface area contributed by atoms with Crippen LogP contribution in [0.3, 0.4) is 0 Å². The van der Waals surface area contributed by atoms with Crippen LogP contribution in [0.2, 0.25) is 0 Å². The van der Waals surface area contributed by atoms with Crippen molar-refractivity contribution in [1.29, 1.82) is 0 Å². The van der Waals surface area contributed by atoms with E-state index < -0.39 is 0 Å². The first-order valence-corrected chi connectivity index (χ1v) is 8.51. The molecule has 1 fully saturated rings. The Hall–Kier alpha value is -1.04. The number of nitrogen functional groups attached to an aromatic ring is 1. The van der Waals surface area contributed by atoms with Crippen molar-refractivity contribution in [1.82, 2.24) is 15.6 Å². The van der Waals surface area contributed by atoms with Crippen LogP contribution in [0.1, 0.15) is 17.7 Å². The minimum atomic E-state index is 0. The first-order chi connectivity index (χ1) is 11.3. The molecule has 3 rings (SSSR count). The van der Waals surface area contributed by atoms with Gasteiger partial charge in [0.15, 0.2) is 0 Å². The van der Waals surface area contributed by atoms with Gasteiger partial charge in [0, 0.05) is 18.3 Å². The molecule has 0 saturated carbocycles. The van der Waals surface area contributed by atoms with Gasteiger partial charge in [-0.15, -0.1) is 37.2 Å². The van der Waals surface area contributed by atoms with Crippen molar-refractivity contribution in [3.05, 3.63) is 59.8 Å². The van der Waals surface area contributed by atoms with E-state index in [-0.39, 0.29) is 37.2 Å². The lowest BCUT2D eigenvalue weighted by Crippen LogP contribution is -2.37. The number of anilines is 1. The molecular weight excluding hydrogens is 391 g/mol. The van der Waals surface area contributed by atoms with Crippen LogP contribution >= 0.6 is 37.2 Å². The summed E-state index contributed by atoms with van der Waals surface area (Å²) in [7, 11) is 0. The maximum absolute atomic E-state index is 5.78. The lowest BCUT2D eigenvalue weighted by Gasteiger charge is -2.20. The third-order valence-corrected chi connectivity index (χ3v) is 4.53. The molecular formula is C19H29Cl3N4. The van der Waals surface area contributed by atoms with Gasteiger partial charge < -0.3 is 16.4 Å². The second-order valence-electron chi connectivity index (χ2n) is 6.33. The zero-order valence-corrected chi connectivity index (χ0v) is 17.2. The van der Waals surface area contributed by atoms with E-state index in [4.69, 9.17) is 5.73 Å². The summed E-state index contributed by atoms with van der Waals surface area (Å²) >= 11 is 0. The van der Waals surface area contributed by atoms with Gasteiger partial charge in [0.2, 0.25) is 0 Å². The highest BCUT2D eigenvalue weighted by Crippen LogP contribution is 2.16. The summed E-state index contributed by atoms with van der Waals surface area (Å²) in [6.45, 7) is 3.15. The molecule has 1 aromatic carbocycles. The number of benzene rings is 1. The van der Waals surface area contributed by atoms with E-state index in [0.29, 0.717) is 17.8 Å². The van der Waals surface area contributed by atoms with E-state index in [1.54, 1.807) is 0 Å². The van der Waals surface area contributed by atoms with Crippen molar-refractivity contribution in [2.24, 2.45) is 5.92 Å². The molecule has 1 aliphatic rings. The molecule has 26 heavy (non-hydrogen) atoms. The third-order valence-electron chi connectivity index (χ3n) is 4.53. The van der Waals surface area contributed by atoms with E-state index in [9.17, 15) is 0 Å². The number of pyridine rings is 1. The van der Waals surface area contributed by atoms with Crippen molar-refractivity contribution < 1.29 is 0 Å². The van der Waals surface area contributed by atoms with E-state index in [1.807, 2.05) is 12.1 Å². The minimum Gasteiger partial charge on any atom is -0.384 e. The average Bonchev–Trinajstić information content (AvgIpc) is 3.00. The number of hydrogen-bond donors (Lipinski definition) is 3. The van der Waals surface area contributed by atoms with Gasteiger partial charge in [-0.25, -0.2) is 4.98 Å². The lowest BCUT2D eigenvalue weighted by molar-refractivity contribution is 0.419. The molecule has 2 heterocycles. The van der Waals surface area contributed by atoms with E-state index in [0.717, 1.165) is 38.2 Å². The van der Waals surface area contributed by atoms with Crippen LogP contribution in [0.5, 0.6) is 0 Å². The molecule has 0 amide bonds. The van der Waals surface area contributed by atoms with Crippen molar-refractivity contribution >= 4 is 43.0 Å². The Kier molecular flexibility index (Phi) is 12.7. The predicted octanol–water partition coefficient (Wildman–Crippen LogP) is 3.28. The zero-order chi connectivity index (χ0) is 15.9. The molecule has 0 radical (unpaired) electrons. The summed E-state index contributed by atoms with van der Waals surface area (Å²) in [6.07, 6.45) is 3.29. The summed E-state index contributed by atoms with van der Waals surface area (Å²) in [5.74, 6) is 1.20. The second-order valence-corrected chi connectivity index (χ2v) is 6.33. The van der Waals surface area contributed by atoms with Gasteiger partial charge in [-0.2, -0.15) is 0 Å². The van der Waals surface area contributed by atoms with Crippen molar-refractivity contribution in [2.75, 3.05) is 25.4 Å². The van der Waals surface area contributed by atoms with Crippen molar-refractivity contribution in [3.8, 4) is 0 Å². The van der Waals surface area contributed by atoms with Crippen molar-refractivity contribution in [2.45, 2.75) is 25.3 Å². The number of rotatable bonds is 7. The Labute approximate surface area is 175 Å². The molecule has 0 spiro atoms. The SMILES string of the molecule is Cl.Cl.Cl.Nc1cccc(C[C@H]2CNC[C@H]2NCCCc2ccccc2)n1. The molecule has 4 nitrogen and oxygen atoms in total. The molecule has 4 N–H and O–H groups in total. The van der Waals surface area contributed by atoms with E-state index in [1.165, 1.54) is 12.0 Å². The van der Waals surface area contributed by atoms with Gasteiger partial charge in [0.1, 0.15) is 5.82 Å². The maximum Gasteiger partial charge on any atom is 0.123 e. The van der Waals surface area contributed by atoms with Crippen LogP contribution < -0.4 is 16.4 Å². The molecule has 146 valence electrons. The Morgan fingerprint density at radius 1 is 1.00 bits per heavy atom. The lowest BCUT2D eigenvalue weighted by atomic mass is 9.97. The fourth-order valence-corrected chi connectivity index (χ4v) is 3.29. The highest BCUT2D eigenvalue weighted by Gasteiger charge is 2.26. The molecule has 0 aliphatic carbocycles. The van der Waals surface area contributed by atoms with Gasteiger partial charge in [-0.1, -0.05) is 36.4 Å². The van der Waals surface area contributed by atoms with Gasteiger partial charge in [0.05, 0.1) is 0 Å². The molecule has 7 heteroatoms. The smallest absolute Gasteiger partial charge is 0.123 e. The molecule has 1 aliphatic heterocycles. The Bertz CT molecular complexity index is 613. The number of hydrogen-bond acceptors (Lipinski definition) is 4. The van der Waals surface area contributed by atoms with Crippen molar-refractivity contribution in [3.63, 3.8) is 0 Å². The van der Waals surface area contributed by atoms with Gasteiger partial charge in [-0.05, 0) is 56.0 Å². The Balaban J connectivity index is 0.00000208.